The minimum Gasteiger partial charge on any atom is -0.301 e. The molecule has 1 saturated carbocycles. The molecule has 2 aromatic carbocycles. The molecule has 7 nitrogen and oxygen atoms in total. The molecule has 1 N–H and O–H groups in total. The average Bonchev–Trinajstić information content (AvgIpc) is 3.59. The molecule has 0 saturated heterocycles. The van der Waals surface area contributed by atoms with E-state index in [1.165, 1.54) is 17.3 Å². The van der Waals surface area contributed by atoms with Crippen molar-refractivity contribution in [3.63, 3.8) is 0 Å². The molecule has 0 atom stereocenters. The van der Waals surface area contributed by atoms with Crippen molar-refractivity contribution in [2.24, 2.45) is 0 Å². The van der Waals surface area contributed by atoms with Crippen LogP contribution in [0.5, 0.6) is 0 Å². The molecule has 1 amide bonds. The van der Waals surface area contributed by atoms with Gasteiger partial charge >= 0.3 is 0 Å². The second kappa shape index (κ2) is 9.92. The Morgan fingerprint density at radius 1 is 1.00 bits per heavy atom. The Bertz CT molecular complexity index is 1360. The van der Waals surface area contributed by atoms with E-state index in [0.29, 0.717) is 29.3 Å². The zero-order chi connectivity index (χ0) is 24.4. The second-order valence-corrected chi connectivity index (χ2v) is 9.77. The van der Waals surface area contributed by atoms with E-state index >= 15 is 0 Å². The number of rotatable bonds is 9. The maximum atomic E-state index is 13.2. The number of benzene rings is 2. The minimum absolute atomic E-state index is 0.00876. The standard InChI is InChI=1S/C27H27N5O2S/c1-18-15-23(19(2)32(18)30-26(34)22-11-7-4-8-12-22)24(33)17-35-27-29-28-25(21-13-14-21)31(27)16-20-9-5-3-6-10-20/h3-12,15,21H,13-14,16-17H2,1-2H3,(H,30,34). The van der Waals surface area contributed by atoms with Gasteiger partial charge in [0.1, 0.15) is 5.82 Å². The summed E-state index contributed by atoms with van der Waals surface area (Å²) in [6.45, 7) is 4.41. The number of nitrogens with zero attached hydrogens (tertiary/aromatic N) is 4. The van der Waals surface area contributed by atoms with E-state index in [2.05, 4.69) is 32.3 Å². The molecule has 4 aromatic rings. The topological polar surface area (TPSA) is 81.8 Å². The number of hydrogen-bond acceptors (Lipinski definition) is 5. The van der Waals surface area contributed by atoms with Crippen molar-refractivity contribution < 1.29 is 9.59 Å². The van der Waals surface area contributed by atoms with Gasteiger partial charge < -0.3 is 4.57 Å². The minimum atomic E-state index is -0.220. The molecule has 1 aliphatic carbocycles. The van der Waals surface area contributed by atoms with Gasteiger partial charge in [-0.2, -0.15) is 0 Å². The predicted molar refractivity (Wildman–Crippen MR) is 137 cm³/mol. The van der Waals surface area contributed by atoms with Crippen LogP contribution in [-0.4, -0.2) is 36.9 Å². The third kappa shape index (κ3) is 5.07. The summed E-state index contributed by atoms with van der Waals surface area (Å²) in [5.74, 6) is 1.48. The lowest BCUT2D eigenvalue weighted by atomic mass is 10.2. The number of ketones is 1. The van der Waals surface area contributed by atoms with Crippen LogP contribution in [0.4, 0.5) is 0 Å². The number of aryl methyl sites for hydroxylation is 1. The SMILES string of the molecule is Cc1cc(C(=O)CSc2nnc(C3CC3)n2Cc2ccccc2)c(C)n1NC(=O)c1ccccc1. The maximum Gasteiger partial charge on any atom is 0.270 e. The molecule has 1 fully saturated rings. The van der Waals surface area contributed by atoms with Gasteiger partial charge in [-0.1, -0.05) is 60.3 Å². The first-order chi connectivity index (χ1) is 17.0. The summed E-state index contributed by atoms with van der Waals surface area (Å²) >= 11 is 1.41. The molecule has 0 aliphatic heterocycles. The largest absolute Gasteiger partial charge is 0.301 e. The summed E-state index contributed by atoms with van der Waals surface area (Å²) in [5, 5.41) is 9.63. The average molecular weight is 486 g/mol. The van der Waals surface area contributed by atoms with E-state index in [0.717, 1.165) is 29.5 Å². The Morgan fingerprint density at radius 2 is 1.69 bits per heavy atom. The molecule has 2 aromatic heterocycles. The molecule has 0 bridgehead atoms. The third-order valence-electron chi connectivity index (χ3n) is 6.18. The van der Waals surface area contributed by atoms with Crippen LogP contribution in [0.15, 0.2) is 71.9 Å². The van der Waals surface area contributed by atoms with E-state index < -0.39 is 0 Å². The van der Waals surface area contributed by atoms with E-state index in [9.17, 15) is 9.59 Å². The van der Waals surface area contributed by atoms with Crippen LogP contribution in [-0.2, 0) is 6.54 Å². The number of aromatic nitrogens is 4. The van der Waals surface area contributed by atoms with Gasteiger partial charge in [0.05, 0.1) is 12.3 Å². The predicted octanol–water partition coefficient (Wildman–Crippen LogP) is 4.98. The molecule has 1 aliphatic rings. The molecule has 35 heavy (non-hydrogen) atoms. The van der Waals surface area contributed by atoms with Gasteiger partial charge in [-0.3, -0.25) is 19.7 Å². The van der Waals surface area contributed by atoms with Gasteiger partial charge in [-0.05, 0) is 50.5 Å². The van der Waals surface area contributed by atoms with Crippen LogP contribution >= 0.6 is 11.8 Å². The third-order valence-corrected chi connectivity index (χ3v) is 7.15. The molecule has 178 valence electrons. The number of amides is 1. The Balaban J connectivity index is 1.30. The number of carbonyl (C=O) groups excluding carboxylic acids is 2. The Kier molecular flexibility index (Phi) is 6.55. The molecule has 0 unspecified atom stereocenters. The quantitative estimate of drug-likeness (QED) is 0.267. The first kappa shape index (κ1) is 23.1. The van der Waals surface area contributed by atoms with Crippen LogP contribution in [0, 0.1) is 13.8 Å². The van der Waals surface area contributed by atoms with Crippen LogP contribution in [0.3, 0.4) is 0 Å². The summed E-state index contributed by atoms with van der Waals surface area (Å²) in [4.78, 5) is 25.8. The lowest BCUT2D eigenvalue weighted by molar-refractivity contribution is 0.0999. The van der Waals surface area contributed by atoms with Crippen molar-refractivity contribution in [2.45, 2.75) is 44.3 Å². The summed E-state index contributed by atoms with van der Waals surface area (Å²) in [5.41, 5.74) is 6.74. The fourth-order valence-corrected chi connectivity index (χ4v) is 4.97. The highest BCUT2D eigenvalue weighted by Crippen LogP contribution is 2.40. The Morgan fingerprint density at radius 3 is 2.37 bits per heavy atom. The van der Waals surface area contributed by atoms with Gasteiger partial charge in [0.25, 0.3) is 5.91 Å². The highest BCUT2D eigenvalue weighted by Gasteiger charge is 2.30. The van der Waals surface area contributed by atoms with Crippen molar-refractivity contribution >= 4 is 23.5 Å². The summed E-state index contributed by atoms with van der Waals surface area (Å²) in [6, 6.07) is 21.1. The first-order valence-corrected chi connectivity index (χ1v) is 12.7. The maximum absolute atomic E-state index is 13.2. The summed E-state index contributed by atoms with van der Waals surface area (Å²) < 4.78 is 3.82. The smallest absolute Gasteiger partial charge is 0.270 e. The van der Waals surface area contributed by atoms with Gasteiger partial charge in [-0.25, -0.2) is 0 Å². The zero-order valence-corrected chi connectivity index (χ0v) is 20.6. The first-order valence-electron chi connectivity index (χ1n) is 11.7. The van der Waals surface area contributed by atoms with Crippen molar-refractivity contribution in [1.29, 1.82) is 0 Å². The van der Waals surface area contributed by atoms with Crippen LogP contribution in [0.2, 0.25) is 0 Å². The van der Waals surface area contributed by atoms with E-state index in [-0.39, 0.29) is 17.4 Å². The molecule has 0 radical (unpaired) electrons. The van der Waals surface area contributed by atoms with Crippen molar-refractivity contribution in [3.8, 4) is 0 Å². The highest BCUT2D eigenvalue weighted by atomic mass is 32.2. The van der Waals surface area contributed by atoms with Crippen molar-refractivity contribution in [3.05, 3.63) is 101 Å². The number of carbonyl (C=O) groups is 2. The van der Waals surface area contributed by atoms with Crippen LogP contribution in [0.25, 0.3) is 0 Å². The van der Waals surface area contributed by atoms with Gasteiger partial charge in [0, 0.05) is 28.4 Å². The van der Waals surface area contributed by atoms with Crippen LogP contribution in [0.1, 0.15) is 62.3 Å². The lowest BCUT2D eigenvalue weighted by Crippen LogP contribution is -2.25. The fourth-order valence-electron chi connectivity index (χ4n) is 4.15. The molecule has 5 rings (SSSR count). The zero-order valence-electron chi connectivity index (χ0n) is 19.8. The van der Waals surface area contributed by atoms with E-state index in [1.807, 2.05) is 56.3 Å². The summed E-state index contributed by atoms with van der Waals surface area (Å²) in [6.07, 6.45) is 2.27. The number of nitrogens with one attached hydrogen (secondary N) is 1. The molecule has 8 heteroatoms. The normalized spacial score (nSPS) is 13.1. The molecular weight excluding hydrogens is 458 g/mol. The lowest BCUT2D eigenvalue weighted by Gasteiger charge is -2.12. The van der Waals surface area contributed by atoms with E-state index in [4.69, 9.17) is 0 Å². The second-order valence-electron chi connectivity index (χ2n) is 8.83. The highest BCUT2D eigenvalue weighted by molar-refractivity contribution is 7.99. The van der Waals surface area contributed by atoms with Gasteiger partial charge in [0.2, 0.25) is 0 Å². The van der Waals surface area contributed by atoms with Gasteiger partial charge in [-0.15, -0.1) is 10.2 Å². The number of hydrogen-bond donors (Lipinski definition) is 1. The van der Waals surface area contributed by atoms with E-state index in [1.54, 1.807) is 16.8 Å². The molecule has 2 heterocycles. The molecule has 0 spiro atoms. The van der Waals surface area contributed by atoms with Crippen molar-refractivity contribution in [1.82, 2.24) is 19.4 Å². The van der Waals surface area contributed by atoms with Crippen LogP contribution < -0.4 is 5.43 Å². The Hall–Kier alpha value is -3.65. The fraction of sp³-hybridized carbons (Fsp3) is 0.259. The number of Topliss-reactive ketones (excluding diaryl/α,β-unsaturated/α-hetero) is 1. The van der Waals surface area contributed by atoms with Gasteiger partial charge in [0.15, 0.2) is 10.9 Å². The monoisotopic (exact) mass is 485 g/mol. The summed E-state index contributed by atoms with van der Waals surface area (Å²) in [7, 11) is 0. The number of thioether (sulfide) groups is 1. The molecular formula is C27H27N5O2S. The van der Waals surface area contributed by atoms with Crippen molar-refractivity contribution in [2.75, 3.05) is 11.2 Å². The Labute approximate surface area is 208 Å².